The number of hydrogen-bond acceptors (Lipinski definition) is 5. The SMILES string of the molecule is CCc1nn(C2CCCC2)c2cc(C3=NOC(CC(=O)NC)(C(=O)NC)C3)ccc12. The molecule has 2 amide bonds. The molecule has 2 aromatic rings. The lowest BCUT2D eigenvalue weighted by molar-refractivity contribution is -0.149. The van der Waals surface area contributed by atoms with Crippen LogP contribution in [0.25, 0.3) is 10.9 Å². The predicted molar refractivity (Wildman–Crippen MR) is 114 cm³/mol. The van der Waals surface area contributed by atoms with Crippen molar-refractivity contribution in [3.05, 3.63) is 29.5 Å². The van der Waals surface area contributed by atoms with Crippen LogP contribution in [0.2, 0.25) is 0 Å². The summed E-state index contributed by atoms with van der Waals surface area (Å²) in [4.78, 5) is 30.1. The van der Waals surface area contributed by atoms with Gasteiger partial charge in [-0.25, -0.2) is 0 Å². The van der Waals surface area contributed by atoms with E-state index >= 15 is 0 Å². The quantitative estimate of drug-likeness (QED) is 0.763. The lowest BCUT2D eigenvalue weighted by Gasteiger charge is -2.23. The molecule has 160 valence electrons. The van der Waals surface area contributed by atoms with Gasteiger partial charge in [0.1, 0.15) is 0 Å². The molecule has 1 unspecified atom stereocenters. The van der Waals surface area contributed by atoms with Gasteiger partial charge in [-0.1, -0.05) is 37.1 Å². The van der Waals surface area contributed by atoms with Gasteiger partial charge in [-0.2, -0.15) is 5.10 Å². The highest BCUT2D eigenvalue weighted by Crippen LogP contribution is 2.35. The minimum Gasteiger partial charge on any atom is -0.378 e. The third-order valence-electron chi connectivity index (χ3n) is 6.27. The Kier molecular flexibility index (Phi) is 5.49. The molecule has 1 fully saturated rings. The van der Waals surface area contributed by atoms with Gasteiger partial charge in [0.05, 0.1) is 29.4 Å². The number of nitrogens with one attached hydrogen (secondary N) is 2. The van der Waals surface area contributed by atoms with Crippen molar-refractivity contribution in [3.63, 3.8) is 0 Å². The number of benzene rings is 1. The maximum Gasteiger partial charge on any atom is 0.267 e. The van der Waals surface area contributed by atoms with Crippen molar-refractivity contribution < 1.29 is 14.4 Å². The fraction of sp³-hybridized carbons (Fsp3) is 0.545. The number of carbonyl (C=O) groups excluding carboxylic acids is 2. The van der Waals surface area contributed by atoms with E-state index in [-0.39, 0.29) is 24.7 Å². The monoisotopic (exact) mass is 411 g/mol. The maximum absolute atomic E-state index is 12.5. The first kappa shape index (κ1) is 20.4. The molecule has 30 heavy (non-hydrogen) atoms. The molecule has 2 N–H and O–H groups in total. The Morgan fingerprint density at radius 3 is 2.67 bits per heavy atom. The average Bonchev–Trinajstić information content (AvgIpc) is 3.51. The zero-order valence-electron chi connectivity index (χ0n) is 17.8. The van der Waals surface area contributed by atoms with Crippen LogP contribution in [0, 0.1) is 0 Å². The molecule has 2 heterocycles. The summed E-state index contributed by atoms with van der Waals surface area (Å²) in [6.07, 6.45) is 5.82. The van der Waals surface area contributed by atoms with Crippen LogP contribution >= 0.6 is 0 Å². The van der Waals surface area contributed by atoms with E-state index < -0.39 is 5.60 Å². The first-order valence-corrected chi connectivity index (χ1v) is 10.7. The Labute approximate surface area is 176 Å². The summed E-state index contributed by atoms with van der Waals surface area (Å²) in [5, 5.41) is 15.5. The van der Waals surface area contributed by atoms with Gasteiger partial charge in [0.2, 0.25) is 11.5 Å². The molecule has 1 aliphatic carbocycles. The summed E-state index contributed by atoms with van der Waals surface area (Å²) in [6.45, 7) is 2.13. The Hall–Kier alpha value is -2.90. The van der Waals surface area contributed by atoms with Crippen molar-refractivity contribution in [2.75, 3.05) is 14.1 Å². The lowest BCUT2D eigenvalue weighted by atomic mass is 9.89. The van der Waals surface area contributed by atoms with Crippen LogP contribution in [-0.4, -0.2) is 47.0 Å². The molecule has 0 saturated heterocycles. The van der Waals surface area contributed by atoms with E-state index in [9.17, 15) is 9.59 Å². The minimum atomic E-state index is -1.32. The molecule has 2 aliphatic rings. The normalized spacial score (nSPS) is 21.5. The fourth-order valence-electron chi connectivity index (χ4n) is 4.58. The van der Waals surface area contributed by atoms with Crippen LogP contribution in [-0.2, 0) is 20.8 Å². The van der Waals surface area contributed by atoms with Crippen LogP contribution in [0.4, 0.5) is 0 Å². The summed E-state index contributed by atoms with van der Waals surface area (Å²) in [7, 11) is 3.08. The largest absolute Gasteiger partial charge is 0.378 e. The molecule has 1 aliphatic heterocycles. The van der Waals surface area contributed by atoms with Gasteiger partial charge < -0.3 is 15.5 Å². The van der Waals surface area contributed by atoms with Gasteiger partial charge in [-0.3, -0.25) is 14.3 Å². The minimum absolute atomic E-state index is 0.0849. The number of fused-ring (bicyclic) bond motifs is 1. The zero-order valence-corrected chi connectivity index (χ0v) is 17.8. The third-order valence-corrected chi connectivity index (χ3v) is 6.27. The van der Waals surface area contributed by atoms with E-state index in [1.165, 1.54) is 19.9 Å². The fourth-order valence-corrected chi connectivity index (χ4v) is 4.58. The molecule has 0 radical (unpaired) electrons. The van der Waals surface area contributed by atoms with Crippen molar-refractivity contribution in [2.24, 2.45) is 5.16 Å². The molecular formula is C22H29N5O3. The Balaban J connectivity index is 1.68. The summed E-state index contributed by atoms with van der Waals surface area (Å²) in [5.74, 6) is -0.618. The Bertz CT molecular complexity index is 1010. The molecule has 0 spiro atoms. The smallest absolute Gasteiger partial charge is 0.267 e. The second-order valence-electron chi connectivity index (χ2n) is 8.14. The molecule has 1 aromatic carbocycles. The van der Waals surface area contributed by atoms with Crippen LogP contribution in [0.15, 0.2) is 23.4 Å². The number of aryl methyl sites for hydroxylation is 1. The highest BCUT2D eigenvalue weighted by molar-refractivity contribution is 6.08. The van der Waals surface area contributed by atoms with Gasteiger partial charge in [0.25, 0.3) is 5.91 Å². The molecule has 1 atom stereocenters. The highest BCUT2D eigenvalue weighted by Gasteiger charge is 2.48. The summed E-state index contributed by atoms with van der Waals surface area (Å²) >= 11 is 0. The lowest BCUT2D eigenvalue weighted by Crippen LogP contribution is -2.48. The standard InChI is InChI=1S/C22H29N5O3/c1-4-17-16-10-9-14(11-19(16)27(25-17)15-7-5-6-8-15)18-12-22(30-26-18,21(29)24-3)13-20(28)23-2/h9-11,15H,4-8,12-13H2,1-3H3,(H,23,28)(H,24,29). The van der Waals surface area contributed by atoms with Gasteiger partial charge in [-0.05, 0) is 25.3 Å². The second-order valence-corrected chi connectivity index (χ2v) is 8.14. The number of rotatable bonds is 6. The van der Waals surface area contributed by atoms with Crippen molar-refractivity contribution >= 4 is 28.4 Å². The first-order valence-electron chi connectivity index (χ1n) is 10.7. The Morgan fingerprint density at radius 1 is 1.23 bits per heavy atom. The number of hydrogen-bond donors (Lipinski definition) is 2. The molecule has 8 nitrogen and oxygen atoms in total. The zero-order chi connectivity index (χ0) is 21.3. The van der Waals surface area contributed by atoms with Crippen molar-refractivity contribution in [3.8, 4) is 0 Å². The summed E-state index contributed by atoms with van der Waals surface area (Å²) < 4.78 is 2.18. The van der Waals surface area contributed by atoms with Gasteiger partial charge in [0, 0.05) is 31.5 Å². The summed E-state index contributed by atoms with van der Waals surface area (Å²) in [5.41, 5.74) is 2.45. The van der Waals surface area contributed by atoms with Crippen LogP contribution in [0.1, 0.15) is 62.7 Å². The van der Waals surface area contributed by atoms with Gasteiger partial charge in [0.15, 0.2) is 0 Å². The first-order chi connectivity index (χ1) is 14.5. The second kappa shape index (κ2) is 8.08. The van der Waals surface area contributed by atoms with E-state index in [0.29, 0.717) is 11.8 Å². The molecular weight excluding hydrogens is 382 g/mol. The number of carbonyl (C=O) groups is 2. The van der Waals surface area contributed by atoms with Crippen molar-refractivity contribution in [1.82, 2.24) is 20.4 Å². The van der Waals surface area contributed by atoms with Crippen molar-refractivity contribution in [1.29, 1.82) is 0 Å². The predicted octanol–water partition coefficient (Wildman–Crippen LogP) is 2.46. The number of amides is 2. The van der Waals surface area contributed by atoms with Crippen LogP contribution in [0.5, 0.6) is 0 Å². The molecule has 0 bridgehead atoms. The summed E-state index contributed by atoms with van der Waals surface area (Å²) in [6, 6.07) is 6.62. The van der Waals surface area contributed by atoms with E-state index in [1.54, 1.807) is 7.05 Å². The Morgan fingerprint density at radius 2 is 2.00 bits per heavy atom. The number of oxime groups is 1. The van der Waals surface area contributed by atoms with E-state index in [4.69, 9.17) is 9.94 Å². The number of likely N-dealkylation sites (N-methyl/N-ethyl adjacent to an activating group) is 1. The number of aromatic nitrogens is 2. The van der Waals surface area contributed by atoms with E-state index in [1.807, 2.05) is 6.07 Å². The average molecular weight is 412 g/mol. The van der Waals surface area contributed by atoms with E-state index in [2.05, 4.69) is 39.5 Å². The molecule has 4 rings (SSSR count). The molecule has 1 saturated carbocycles. The van der Waals surface area contributed by atoms with Gasteiger partial charge >= 0.3 is 0 Å². The van der Waals surface area contributed by atoms with Crippen LogP contribution in [0.3, 0.4) is 0 Å². The maximum atomic E-state index is 12.5. The molecule has 8 heteroatoms. The third kappa shape index (κ3) is 3.44. The van der Waals surface area contributed by atoms with Gasteiger partial charge in [-0.15, -0.1) is 0 Å². The number of nitrogens with zero attached hydrogens (tertiary/aromatic N) is 3. The molecule has 1 aromatic heterocycles. The van der Waals surface area contributed by atoms with Crippen molar-refractivity contribution in [2.45, 2.75) is 63.5 Å². The van der Waals surface area contributed by atoms with E-state index in [0.717, 1.165) is 41.4 Å². The highest BCUT2D eigenvalue weighted by atomic mass is 16.7. The van der Waals surface area contributed by atoms with Crippen LogP contribution < -0.4 is 10.6 Å². The topological polar surface area (TPSA) is 97.6 Å².